The van der Waals surface area contributed by atoms with Gasteiger partial charge in [-0.15, -0.1) is 0 Å². The largest absolute Gasteiger partial charge is 0.489 e. The van der Waals surface area contributed by atoms with Crippen molar-refractivity contribution in [3.05, 3.63) is 54.0 Å². The van der Waals surface area contributed by atoms with Crippen LogP contribution >= 0.6 is 0 Å². The number of hydrogen-bond donors (Lipinski definition) is 1. The molecule has 0 spiro atoms. The van der Waals surface area contributed by atoms with Crippen molar-refractivity contribution in [1.29, 1.82) is 0 Å². The van der Waals surface area contributed by atoms with Crippen LogP contribution in [0.1, 0.15) is 18.9 Å². The first-order valence-corrected chi connectivity index (χ1v) is 6.35. The zero-order chi connectivity index (χ0) is 13.5. The van der Waals surface area contributed by atoms with Crippen LogP contribution in [-0.4, -0.2) is 11.5 Å². The number of rotatable bonds is 6. The second-order valence-electron chi connectivity index (χ2n) is 4.22. The van der Waals surface area contributed by atoms with E-state index in [1.54, 1.807) is 18.3 Å². The Morgan fingerprint density at radius 2 is 2.00 bits per heavy atom. The maximum atomic E-state index is 12.7. The fourth-order valence-corrected chi connectivity index (χ4v) is 1.61. The van der Waals surface area contributed by atoms with Crippen molar-refractivity contribution in [2.75, 3.05) is 11.9 Å². The van der Waals surface area contributed by atoms with Crippen LogP contribution in [0.25, 0.3) is 0 Å². The topological polar surface area (TPSA) is 34.1 Å². The van der Waals surface area contributed by atoms with Gasteiger partial charge in [0.15, 0.2) is 0 Å². The van der Waals surface area contributed by atoms with Gasteiger partial charge in [0.25, 0.3) is 0 Å². The summed E-state index contributed by atoms with van der Waals surface area (Å²) >= 11 is 0. The SMILES string of the molecule is CCCNc1cc(COc2ccc(F)cc2)ccn1. The zero-order valence-electron chi connectivity index (χ0n) is 10.9. The molecule has 1 heterocycles. The Labute approximate surface area is 112 Å². The predicted molar refractivity (Wildman–Crippen MR) is 73.7 cm³/mol. The van der Waals surface area contributed by atoms with Gasteiger partial charge in [0, 0.05) is 12.7 Å². The first-order valence-electron chi connectivity index (χ1n) is 6.35. The maximum Gasteiger partial charge on any atom is 0.126 e. The number of nitrogens with zero attached hydrogens (tertiary/aromatic N) is 1. The number of pyridine rings is 1. The van der Waals surface area contributed by atoms with Crippen molar-refractivity contribution in [3.63, 3.8) is 0 Å². The molecule has 4 heteroatoms. The van der Waals surface area contributed by atoms with Crippen LogP contribution in [0.4, 0.5) is 10.2 Å². The lowest BCUT2D eigenvalue weighted by Crippen LogP contribution is -2.03. The molecule has 0 saturated carbocycles. The normalized spacial score (nSPS) is 10.2. The van der Waals surface area contributed by atoms with E-state index < -0.39 is 0 Å². The molecule has 2 aromatic rings. The highest BCUT2D eigenvalue weighted by Crippen LogP contribution is 2.14. The molecule has 3 nitrogen and oxygen atoms in total. The number of nitrogens with one attached hydrogen (secondary N) is 1. The standard InChI is InChI=1S/C15H17FN2O/c1-2-8-17-15-10-12(7-9-18-15)11-19-14-5-3-13(16)4-6-14/h3-7,9-10H,2,8,11H2,1H3,(H,17,18). The van der Waals surface area contributed by atoms with Gasteiger partial charge in [-0.25, -0.2) is 9.37 Å². The molecule has 0 aliphatic rings. The van der Waals surface area contributed by atoms with Crippen LogP contribution in [0.2, 0.25) is 0 Å². The van der Waals surface area contributed by atoms with E-state index >= 15 is 0 Å². The van der Waals surface area contributed by atoms with E-state index in [2.05, 4.69) is 17.2 Å². The summed E-state index contributed by atoms with van der Waals surface area (Å²) in [5.41, 5.74) is 1.03. The first-order chi connectivity index (χ1) is 9.28. The molecule has 0 bridgehead atoms. The highest BCUT2D eigenvalue weighted by molar-refractivity contribution is 5.37. The summed E-state index contributed by atoms with van der Waals surface area (Å²) < 4.78 is 18.3. The van der Waals surface area contributed by atoms with Crippen molar-refractivity contribution in [2.24, 2.45) is 0 Å². The number of aromatic nitrogens is 1. The summed E-state index contributed by atoms with van der Waals surface area (Å²) in [6, 6.07) is 9.87. The minimum Gasteiger partial charge on any atom is -0.489 e. The summed E-state index contributed by atoms with van der Waals surface area (Å²) in [6.45, 7) is 3.44. The summed E-state index contributed by atoms with van der Waals surface area (Å²) in [6.07, 6.45) is 2.80. The molecule has 1 aromatic heterocycles. The molecular formula is C15H17FN2O. The van der Waals surface area contributed by atoms with Gasteiger partial charge in [-0.05, 0) is 48.4 Å². The quantitative estimate of drug-likeness (QED) is 0.861. The molecule has 0 unspecified atom stereocenters. The number of ether oxygens (including phenoxy) is 1. The lowest BCUT2D eigenvalue weighted by molar-refractivity contribution is 0.305. The molecule has 0 amide bonds. The van der Waals surface area contributed by atoms with E-state index in [0.29, 0.717) is 12.4 Å². The third-order valence-corrected chi connectivity index (χ3v) is 2.60. The second-order valence-corrected chi connectivity index (χ2v) is 4.22. The molecule has 1 aromatic carbocycles. The zero-order valence-corrected chi connectivity index (χ0v) is 10.9. The van der Waals surface area contributed by atoms with E-state index in [-0.39, 0.29) is 5.82 Å². The Hall–Kier alpha value is -2.10. The van der Waals surface area contributed by atoms with Crippen LogP contribution < -0.4 is 10.1 Å². The molecular weight excluding hydrogens is 243 g/mol. The van der Waals surface area contributed by atoms with Gasteiger partial charge in [0.2, 0.25) is 0 Å². The number of halogens is 1. The summed E-state index contributed by atoms with van der Waals surface area (Å²) in [5, 5.41) is 3.22. The fraction of sp³-hybridized carbons (Fsp3) is 0.267. The number of hydrogen-bond acceptors (Lipinski definition) is 3. The van der Waals surface area contributed by atoms with E-state index in [1.165, 1.54) is 12.1 Å². The monoisotopic (exact) mass is 260 g/mol. The van der Waals surface area contributed by atoms with Gasteiger partial charge in [-0.2, -0.15) is 0 Å². The minimum atomic E-state index is -0.262. The number of anilines is 1. The number of benzene rings is 1. The van der Waals surface area contributed by atoms with Gasteiger partial charge < -0.3 is 10.1 Å². The van der Waals surface area contributed by atoms with Crippen molar-refractivity contribution < 1.29 is 9.13 Å². The molecule has 0 radical (unpaired) electrons. The van der Waals surface area contributed by atoms with Crippen molar-refractivity contribution >= 4 is 5.82 Å². The highest BCUT2D eigenvalue weighted by atomic mass is 19.1. The molecule has 100 valence electrons. The highest BCUT2D eigenvalue weighted by Gasteiger charge is 1.99. The third-order valence-electron chi connectivity index (χ3n) is 2.60. The van der Waals surface area contributed by atoms with Gasteiger partial charge in [0.1, 0.15) is 24.0 Å². The molecule has 0 aliphatic heterocycles. The molecule has 0 atom stereocenters. The van der Waals surface area contributed by atoms with E-state index in [9.17, 15) is 4.39 Å². The summed E-state index contributed by atoms with van der Waals surface area (Å²) in [4.78, 5) is 4.23. The molecule has 0 fully saturated rings. The average molecular weight is 260 g/mol. The van der Waals surface area contributed by atoms with Crippen molar-refractivity contribution in [2.45, 2.75) is 20.0 Å². The van der Waals surface area contributed by atoms with Crippen LogP contribution in [0, 0.1) is 5.82 Å². The summed E-state index contributed by atoms with van der Waals surface area (Å²) in [5.74, 6) is 1.24. The van der Waals surface area contributed by atoms with E-state index in [1.807, 2.05) is 12.1 Å². The average Bonchev–Trinajstić information content (AvgIpc) is 2.45. The molecule has 0 saturated heterocycles. The van der Waals surface area contributed by atoms with Gasteiger partial charge in [-0.1, -0.05) is 6.92 Å². The van der Waals surface area contributed by atoms with Crippen LogP contribution in [0.3, 0.4) is 0 Å². The Kier molecular flexibility index (Phi) is 4.72. The van der Waals surface area contributed by atoms with Gasteiger partial charge >= 0.3 is 0 Å². The lowest BCUT2D eigenvalue weighted by Gasteiger charge is -2.08. The Balaban J connectivity index is 1.93. The smallest absolute Gasteiger partial charge is 0.126 e. The third kappa shape index (κ3) is 4.25. The first kappa shape index (κ1) is 13.3. The van der Waals surface area contributed by atoms with Gasteiger partial charge in [0.05, 0.1) is 0 Å². The second kappa shape index (κ2) is 6.73. The van der Waals surface area contributed by atoms with Crippen molar-refractivity contribution in [3.8, 4) is 5.75 Å². The van der Waals surface area contributed by atoms with Crippen LogP contribution in [0.5, 0.6) is 5.75 Å². The van der Waals surface area contributed by atoms with Crippen molar-refractivity contribution in [1.82, 2.24) is 4.98 Å². The van der Waals surface area contributed by atoms with E-state index in [0.717, 1.165) is 24.3 Å². The van der Waals surface area contributed by atoms with E-state index in [4.69, 9.17) is 4.74 Å². The Morgan fingerprint density at radius 3 is 2.74 bits per heavy atom. The van der Waals surface area contributed by atoms with Gasteiger partial charge in [-0.3, -0.25) is 0 Å². The molecule has 1 N–H and O–H groups in total. The van der Waals surface area contributed by atoms with Crippen LogP contribution in [-0.2, 0) is 6.61 Å². The minimum absolute atomic E-state index is 0.262. The lowest BCUT2D eigenvalue weighted by atomic mass is 10.2. The summed E-state index contributed by atoms with van der Waals surface area (Å²) in [7, 11) is 0. The predicted octanol–water partition coefficient (Wildman–Crippen LogP) is 3.62. The Morgan fingerprint density at radius 1 is 1.21 bits per heavy atom. The van der Waals surface area contributed by atoms with Crippen LogP contribution in [0.15, 0.2) is 42.6 Å². The molecule has 2 rings (SSSR count). The Bertz CT molecular complexity index is 514. The maximum absolute atomic E-state index is 12.7. The molecule has 19 heavy (non-hydrogen) atoms. The fourth-order valence-electron chi connectivity index (χ4n) is 1.61. The molecule has 0 aliphatic carbocycles.